The molecule has 0 unspecified atom stereocenters. The highest BCUT2D eigenvalue weighted by atomic mass is 16.6. The molecule has 1 heterocycles. The van der Waals surface area contributed by atoms with E-state index in [-0.39, 0.29) is 17.9 Å². The lowest BCUT2D eigenvalue weighted by Gasteiger charge is -2.10. The Morgan fingerprint density at radius 1 is 1.09 bits per heavy atom. The van der Waals surface area contributed by atoms with Crippen LogP contribution in [0.1, 0.15) is 13.8 Å². The molecule has 0 radical (unpaired) electrons. The van der Waals surface area contributed by atoms with Gasteiger partial charge in [-0.1, -0.05) is 0 Å². The molecule has 0 aliphatic rings. The number of nitrogens with zero attached hydrogens (tertiary/aromatic N) is 3. The maximum absolute atomic E-state index is 11.3. The van der Waals surface area contributed by atoms with Gasteiger partial charge in [-0.15, -0.1) is 0 Å². The van der Waals surface area contributed by atoms with Crippen LogP contribution in [0.3, 0.4) is 0 Å². The minimum absolute atomic E-state index is 0.126. The first-order chi connectivity index (χ1) is 10.5. The third-order valence-corrected chi connectivity index (χ3v) is 2.56. The average molecular weight is 305 g/mol. The van der Waals surface area contributed by atoms with Crippen molar-refractivity contribution in [3.8, 4) is 23.3 Å². The quantitative estimate of drug-likeness (QED) is 0.597. The third kappa shape index (κ3) is 3.60. The van der Waals surface area contributed by atoms with Crippen LogP contribution >= 0.6 is 0 Å². The number of rotatable bonds is 6. The minimum atomic E-state index is -0.628. The lowest BCUT2D eigenvalue weighted by molar-refractivity contribution is -0.387. The van der Waals surface area contributed by atoms with Crippen LogP contribution in [-0.2, 0) is 0 Å². The number of hydrogen-bond acceptors (Lipinski definition) is 7. The van der Waals surface area contributed by atoms with E-state index >= 15 is 0 Å². The van der Waals surface area contributed by atoms with Crippen molar-refractivity contribution in [3.05, 3.63) is 40.7 Å². The van der Waals surface area contributed by atoms with Crippen molar-refractivity contribution in [3.63, 3.8) is 0 Å². The van der Waals surface area contributed by atoms with Crippen LogP contribution in [-0.4, -0.2) is 28.1 Å². The number of ether oxygens (including phenoxy) is 3. The van der Waals surface area contributed by atoms with Crippen LogP contribution in [0.5, 0.6) is 23.3 Å². The van der Waals surface area contributed by atoms with Crippen molar-refractivity contribution >= 4 is 5.69 Å². The number of aromatic nitrogens is 2. The zero-order valence-electron chi connectivity index (χ0n) is 12.3. The Morgan fingerprint density at radius 3 is 2.23 bits per heavy atom. The SMILES string of the molecule is COc1ccc(Oc2ncnc(OC(C)C)c2[N+](=O)[O-])cc1. The molecule has 1 aromatic heterocycles. The fraction of sp³-hybridized carbons (Fsp3) is 0.286. The molecule has 2 rings (SSSR count). The van der Waals surface area contributed by atoms with Crippen LogP contribution in [0, 0.1) is 10.1 Å². The topological polar surface area (TPSA) is 96.6 Å². The molecule has 116 valence electrons. The van der Waals surface area contributed by atoms with Crippen molar-refractivity contribution in [2.75, 3.05) is 7.11 Å². The summed E-state index contributed by atoms with van der Waals surface area (Å²) < 4.78 is 15.8. The molecule has 0 spiro atoms. The van der Waals surface area contributed by atoms with E-state index in [1.807, 2.05) is 0 Å². The Morgan fingerprint density at radius 2 is 1.68 bits per heavy atom. The van der Waals surface area contributed by atoms with Gasteiger partial charge in [0.25, 0.3) is 0 Å². The highest BCUT2D eigenvalue weighted by Crippen LogP contribution is 2.36. The number of benzene rings is 1. The summed E-state index contributed by atoms with van der Waals surface area (Å²) in [6.45, 7) is 3.49. The molecule has 0 aliphatic heterocycles. The lowest BCUT2D eigenvalue weighted by atomic mass is 10.3. The summed E-state index contributed by atoms with van der Waals surface area (Å²) in [4.78, 5) is 18.2. The lowest BCUT2D eigenvalue weighted by Crippen LogP contribution is -2.10. The maximum atomic E-state index is 11.3. The molecule has 8 heteroatoms. The minimum Gasteiger partial charge on any atom is -0.497 e. The van der Waals surface area contributed by atoms with E-state index < -0.39 is 10.6 Å². The molecule has 0 saturated carbocycles. The summed E-state index contributed by atoms with van der Waals surface area (Å²) in [5.74, 6) is 0.728. The van der Waals surface area contributed by atoms with Crippen molar-refractivity contribution in [2.24, 2.45) is 0 Å². The summed E-state index contributed by atoms with van der Waals surface area (Å²) in [7, 11) is 1.54. The summed E-state index contributed by atoms with van der Waals surface area (Å²) in [5.41, 5.74) is -0.410. The van der Waals surface area contributed by atoms with E-state index in [2.05, 4.69) is 9.97 Å². The molecule has 0 amide bonds. The Balaban J connectivity index is 2.34. The summed E-state index contributed by atoms with van der Waals surface area (Å²) >= 11 is 0. The first-order valence-electron chi connectivity index (χ1n) is 6.49. The van der Waals surface area contributed by atoms with Crippen LogP contribution < -0.4 is 14.2 Å². The van der Waals surface area contributed by atoms with Crippen molar-refractivity contribution < 1.29 is 19.1 Å². The van der Waals surface area contributed by atoms with Crippen LogP contribution in [0.4, 0.5) is 5.69 Å². The molecule has 0 N–H and O–H groups in total. The molecule has 2 aromatic rings. The average Bonchev–Trinajstić information content (AvgIpc) is 2.47. The molecule has 0 saturated heterocycles. The van der Waals surface area contributed by atoms with Gasteiger partial charge in [0.05, 0.1) is 18.1 Å². The van der Waals surface area contributed by atoms with Crippen molar-refractivity contribution in [2.45, 2.75) is 20.0 Å². The van der Waals surface area contributed by atoms with E-state index in [1.54, 1.807) is 45.2 Å². The monoisotopic (exact) mass is 305 g/mol. The fourth-order valence-electron chi connectivity index (χ4n) is 1.64. The Bertz CT molecular complexity index is 658. The molecule has 1 aromatic carbocycles. The van der Waals surface area contributed by atoms with E-state index in [4.69, 9.17) is 14.2 Å². The molecular formula is C14H15N3O5. The van der Waals surface area contributed by atoms with E-state index in [9.17, 15) is 10.1 Å². The Labute approximate surface area is 126 Å². The standard InChI is InChI=1S/C14H15N3O5/c1-9(2)21-13-12(17(18)19)14(16-8-15-13)22-11-6-4-10(20-3)5-7-11/h4-9H,1-3H3. The summed E-state index contributed by atoms with van der Waals surface area (Å²) in [5, 5.41) is 11.3. The first-order valence-corrected chi connectivity index (χ1v) is 6.49. The van der Waals surface area contributed by atoms with Gasteiger partial charge >= 0.3 is 17.4 Å². The molecule has 0 aliphatic carbocycles. The molecule has 8 nitrogen and oxygen atoms in total. The molecule has 0 fully saturated rings. The van der Waals surface area contributed by atoms with Crippen LogP contribution in [0.25, 0.3) is 0 Å². The van der Waals surface area contributed by atoms with Gasteiger partial charge in [-0.05, 0) is 38.1 Å². The summed E-state index contributed by atoms with van der Waals surface area (Å²) in [6.07, 6.45) is 0.895. The van der Waals surface area contributed by atoms with Gasteiger partial charge in [-0.25, -0.2) is 0 Å². The maximum Gasteiger partial charge on any atom is 0.392 e. The zero-order chi connectivity index (χ0) is 16.1. The second kappa shape index (κ2) is 6.70. The van der Waals surface area contributed by atoms with Gasteiger partial charge in [0.2, 0.25) is 0 Å². The number of methoxy groups -OCH3 is 1. The Hall–Kier alpha value is -2.90. The van der Waals surface area contributed by atoms with Gasteiger partial charge in [0, 0.05) is 0 Å². The van der Waals surface area contributed by atoms with Gasteiger partial charge < -0.3 is 14.2 Å². The normalized spacial score (nSPS) is 10.4. The van der Waals surface area contributed by atoms with E-state index in [1.165, 1.54) is 0 Å². The highest BCUT2D eigenvalue weighted by Gasteiger charge is 2.27. The predicted octanol–water partition coefficient (Wildman–Crippen LogP) is 2.97. The van der Waals surface area contributed by atoms with Gasteiger partial charge in [-0.2, -0.15) is 9.97 Å². The van der Waals surface area contributed by atoms with Gasteiger partial charge in [-0.3, -0.25) is 10.1 Å². The van der Waals surface area contributed by atoms with Crippen molar-refractivity contribution in [1.29, 1.82) is 0 Å². The molecule has 0 bridgehead atoms. The van der Waals surface area contributed by atoms with Gasteiger partial charge in [0.15, 0.2) is 0 Å². The highest BCUT2D eigenvalue weighted by molar-refractivity contribution is 5.50. The summed E-state index contributed by atoms with van der Waals surface area (Å²) in [6, 6.07) is 6.59. The van der Waals surface area contributed by atoms with E-state index in [0.717, 1.165) is 6.33 Å². The number of nitro groups is 1. The zero-order valence-corrected chi connectivity index (χ0v) is 12.3. The van der Waals surface area contributed by atoms with Crippen LogP contribution in [0.15, 0.2) is 30.6 Å². The largest absolute Gasteiger partial charge is 0.497 e. The third-order valence-electron chi connectivity index (χ3n) is 2.56. The second-order valence-electron chi connectivity index (χ2n) is 4.53. The predicted molar refractivity (Wildman–Crippen MR) is 77.5 cm³/mol. The second-order valence-corrected chi connectivity index (χ2v) is 4.53. The smallest absolute Gasteiger partial charge is 0.392 e. The fourth-order valence-corrected chi connectivity index (χ4v) is 1.64. The molecular weight excluding hydrogens is 290 g/mol. The number of hydrogen-bond donors (Lipinski definition) is 0. The van der Waals surface area contributed by atoms with E-state index in [0.29, 0.717) is 11.5 Å². The molecule has 22 heavy (non-hydrogen) atoms. The van der Waals surface area contributed by atoms with Crippen molar-refractivity contribution in [1.82, 2.24) is 9.97 Å². The van der Waals surface area contributed by atoms with Crippen LogP contribution in [0.2, 0.25) is 0 Å². The molecule has 0 atom stereocenters. The first kappa shape index (κ1) is 15.5. The van der Waals surface area contributed by atoms with Gasteiger partial charge in [0.1, 0.15) is 17.8 Å². The Kier molecular flexibility index (Phi) is 4.72.